The van der Waals surface area contributed by atoms with Crippen molar-refractivity contribution in [1.82, 2.24) is 0 Å². The van der Waals surface area contributed by atoms with Crippen LogP contribution in [-0.4, -0.2) is 17.9 Å². The van der Waals surface area contributed by atoms with Crippen molar-refractivity contribution in [2.45, 2.75) is 19.2 Å². The van der Waals surface area contributed by atoms with Crippen molar-refractivity contribution in [1.29, 1.82) is 0 Å². The van der Waals surface area contributed by atoms with Crippen LogP contribution in [-0.2, 0) is 17.1 Å². The molecule has 1 amide bonds. The number of anilines is 1. The minimum absolute atomic E-state index is 0.184. The van der Waals surface area contributed by atoms with E-state index in [1.165, 1.54) is 23.9 Å². The van der Waals surface area contributed by atoms with Crippen LogP contribution in [0, 0.1) is 12.7 Å². The first-order chi connectivity index (χ1) is 16.5. The predicted octanol–water partition coefficient (Wildman–Crippen LogP) is 6.67. The second-order valence-corrected chi connectivity index (χ2v) is 8.85. The summed E-state index contributed by atoms with van der Waals surface area (Å²) >= 11 is 1.53. The first-order valence-corrected chi connectivity index (χ1v) is 12.0. The zero-order valence-electron chi connectivity index (χ0n) is 18.7. The molecule has 0 aliphatic heterocycles. The number of carbonyl (C=O) groups excluding carboxylic acids is 2. The molecule has 0 atom stereocenters. The van der Waals surface area contributed by atoms with Crippen molar-refractivity contribution in [2.75, 3.05) is 10.7 Å². The maximum absolute atomic E-state index is 13.8. The Balaban J connectivity index is 1.68. The van der Waals surface area contributed by atoms with Crippen molar-refractivity contribution in [3.63, 3.8) is 0 Å². The van der Waals surface area contributed by atoms with Crippen molar-refractivity contribution >= 4 is 29.6 Å². The average molecular weight is 474 g/mol. The van der Waals surface area contributed by atoms with Crippen molar-refractivity contribution < 1.29 is 18.4 Å². The van der Waals surface area contributed by atoms with Gasteiger partial charge in [-0.25, -0.2) is 4.39 Å². The van der Waals surface area contributed by atoms with Crippen molar-refractivity contribution in [2.24, 2.45) is 0 Å². The number of nitrogens with zero attached hydrogens (tertiary/aromatic N) is 1. The van der Waals surface area contributed by atoms with E-state index in [4.69, 9.17) is 4.42 Å². The highest BCUT2D eigenvalue weighted by atomic mass is 32.2. The maximum Gasteiger partial charge on any atom is 0.262 e. The zero-order chi connectivity index (χ0) is 23.9. The lowest BCUT2D eigenvalue weighted by atomic mass is 10.1. The molecule has 4 rings (SSSR count). The van der Waals surface area contributed by atoms with Crippen LogP contribution < -0.4 is 4.90 Å². The number of furan rings is 1. The Morgan fingerprint density at radius 2 is 1.71 bits per heavy atom. The van der Waals surface area contributed by atoms with Crippen LogP contribution in [0.2, 0.25) is 0 Å². The number of halogens is 1. The van der Waals surface area contributed by atoms with Gasteiger partial charge in [-0.15, -0.1) is 11.8 Å². The fraction of sp³-hybridized carbons (Fsp3) is 0.143. The molecule has 0 fully saturated rings. The number of carbonyl (C=O) groups is 2. The molecule has 0 bridgehead atoms. The topological polar surface area (TPSA) is 50.5 Å². The molecule has 0 saturated carbocycles. The van der Waals surface area contributed by atoms with Gasteiger partial charge in [0.2, 0.25) is 0 Å². The van der Waals surface area contributed by atoms with Crippen LogP contribution in [0.15, 0.2) is 89.3 Å². The average Bonchev–Trinajstić information content (AvgIpc) is 3.25. The highest BCUT2D eigenvalue weighted by molar-refractivity contribution is 7.99. The number of amides is 1. The second-order valence-electron chi connectivity index (χ2n) is 7.82. The monoisotopic (exact) mass is 473 g/mol. The third-order valence-corrected chi connectivity index (χ3v) is 6.29. The van der Waals surface area contributed by atoms with Crippen LogP contribution in [0.1, 0.15) is 27.2 Å². The fourth-order valence-corrected chi connectivity index (χ4v) is 4.31. The number of aryl methyl sites for hydroxylation is 1. The maximum atomic E-state index is 13.8. The first kappa shape index (κ1) is 23.5. The summed E-state index contributed by atoms with van der Waals surface area (Å²) < 4.78 is 19.2. The summed E-state index contributed by atoms with van der Waals surface area (Å²) in [5.41, 5.74) is 3.95. The highest BCUT2D eigenvalue weighted by Crippen LogP contribution is 2.29. The van der Waals surface area contributed by atoms with Crippen LogP contribution >= 0.6 is 11.8 Å². The van der Waals surface area contributed by atoms with E-state index < -0.39 is 0 Å². The summed E-state index contributed by atoms with van der Waals surface area (Å²) in [4.78, 5) is 26.2. The Morgan fingerprint density at radius 3 is 2.44 bits per heavy atom. The third kappa shape index (κ3) is 5.64. The Hall–Kier alpha value is -3.64. The smallest absolute Gasteiger partial charge is 0.262 e. The standard InChI is InChI=1S/C28H24FNO3S/c1-20-26(17-27(33-20)23-10-12-24(29)13-11-23)28(32)30(18-21-6-3-2-4-7-21)25-9-5-8-22(16-25)19-34-15-14-31/h2-14,16-17H,15,18-19H2,1H3. The molecule has 0 aliphatic carbocycles. The van der Waals surface area contributed by atoms with E-state index >= 15 is 0 Å². The van der Waals surface area contributed by atoms with Gasteiger partial charge in [-0.3, -0.25) is 4.79 Å². The molecule has 0 N–H and O–H groups in total. The molecule has 4 aromatic rings. The van der Waals surface area contributed by atoms with Gasteiger partial charge >= 0.3 is 0 Å². The minimum atomic E-state index is -0.330. The normalized spacial score (nSPS) is 10.8. The largest absolute Gasteiger partial charge is 0.461 e. The Morgan fingerprint density at radius 1 is 0.971 bits per heavy atom. The number of thioether (sulfide) groups is 1. The zero-order valence-corrected chi connectivity index (χ0v) is 19.6. The molecule has 0 spiro atoms. The van der Waals surface area contributed by atoms with Crippen LogP contribution in [0.5, 0.6) is 0 Å². The summed E-state index contributed by atoms with van der Waals surface area (Å²) in [6, 6.07) is 25.3. The van der Waals surface area contributed by atoms with Gasteiger partial charge in [0, 0.05) is 22.8 Å². The molecule has 6 heteroatoms. The molecule has 1 heterocycles. The van der Waals surface area contributed by atoms with E-state index in [2.05, 4.69) is 0 Å². The van der Waals surface area contributed by atoms with E-state index in [-0.39, 0.29) is 11.7 Å². The predicted molar refractivity (Wildman–Crippen MR) is 134 cm³/mol. The minimum Gasteiger partial charge on any atom is -0.461 e. The van der Waals surface area contributed by atoms with Gasteiger partial charge in [0.1, 0.15) is 23.6 Å². The molecule has 0 saturated heterocycles. The summed E-state index contributed by atoms with van der Waals surface area (Å²) in [6.07, 6.45) is 0.889. The first-order valence-electron chi connectivity index (χ1n) is 10.9. The van der Waals surface area contributed by atoms with Gasteiger partial charge in [0.05, 0.1) is 12.1 Å². The van der Waals surface area contributed by atoms with Gasteiger partial charge < -0.3 is 14.1 Å². The van der Waals surface area contributed by atoms with E-state index in [0.717, 1.165) is 23.1 Å². The number of rotatable bonds is 9. The van der Waals surface area contributed by atoms with Gasteiger partial charge in [0.25, 0.3) is 5.91 Å². The molecule has 3 aromatic carbocycles. The van der Waals surface area contributed by atoms with Gasteiger partial charge in [-0.1, -0.05) is 42.5 Å². The van der Waals surface area contributed by atoms with E-state index in [9.17, 15) is 14.0 Å². The van der Waals surface area contributed by atoms with Crippen LogP contribution in [0.25, 0.3) is 11.3 Å². The second kappa shape index (κ2) is 11.0. The molecule has 1 aromatic heterocycles. The Bertz CT molecular complexity index is 1270. The molecular formula is C28H24FNO3S. The number of benzene rings is 3. The molecular weight excluding hydrogens is 449 g/mol. The number of hydrogen-bond donors (Lipinski definition) is 0. The van der Waals surface area contributed by atoms with Gasteiger partial charge in [-0.05, 0) is 60.5 Å². The third-order valence-electron chi connectivity index (χ3n) is 5.38. The Kier molecular flexibility index (Phi) is 7.60. The van der Waals surface area contributed by atoms with Gasteiger partial charge in [0.15, 0.2) is 0 Å². The highest BCUT2D eigenvalue weighted by Gasteiger charge is 2.23. The Labute approximate surface area is 202 Å². The lowest BCUT2D eigenvalue weighted by molar-refractivity contribution is -0.105. The van der Waals surface area contributed by atoms with E-state index in [1.807, 2.05) is 54.6 Å². The molecule has 0 aliphatic rings. The summed E-state index contributed by atoms with van der Waals surface area (Å²) in [5, 5.41) is 0. The van der Waals surface area contributed by atoms with E-state index in [0.29, 0.717) is 40.7 Å². The van der Waals surface area contributed by atoms with Crippen molar-refractivity contribution in [3.8, 4) is 11.3 Å². The van der Waals surface area contributed by atoms with Gasteiger partial charge in [-0.2, -0.15) is 0 Å². The number of aldehydes is 1. The molecule has 34 heavy (non-hydrogen) atoms. The SMILES string of the molecule is Cc1oc(-c2ccc(F)cc2)cc1C(=O)N(Cc1ccccc1)c1cccc(CSCC=O)c1. The number of hydrogen-bond acceptors (Lipinski definition) is 4. The molecule has 4 nitrogen and oxygen atoms in total. The van der Waals surface area contributed by atoms with Crippen LogP contribution in [0.4, 0.5) is 10.1 Å². The molecule has 172 valence electrons. The summed E-state index contributed by atoms with van der Waals surface area (Å²) in [5.74, 6) is 1.61. The molecule has 0 radical (unpaired) electrons. The lowest BCUT2D eigenvalue weighted by Crippen LogP contribution is -2.30. The summed E-state index contributed by atoms with van der Waals surface area (Å²) in [6.45, 7) is 2.15. The molecule has 0 unspecified atom stereocenters. The van der Waals surface area contributed by atoms with Crippen LogP contribution in [0.3, 0.4) is 0 Å². The van der Waals surface area contributed by atoms with E-state index in [1.54, 1.807) is 30.0 Å². The van der Waals surface area contributed by atoms with Crippen molar-refractivity contribution in [3.05, 3.63) is 113 Å². The summed E-state index contributed by atoms with van der Waals surface area (Å²) in [7, 11) is 0. The fourth-order valence-electron chi connectivity index (χ4n) is 3.68. The lowest BCUT2D eigenvalue weighted by Gasteiger charge is -2.23. The quantitative estimate of drug-likeness (QED) is 0.201.